The number of carbonyl (C=O) groups is 2. The van der Waals surface area contributed by atoms with Crippen molar-refractivity contribution in [1.82, 2.24) is 14.5 Å². The van der Waals surface area contributed by atoms with Crippen molar-refractivity contribution in [2.75, 3.05) is 32.1 Å². The Morgan fingerprint density at radius 3 is 2.74 bits per heavy atom. The Morgan fingerprint density at radius 1 is 1.37 bits per heavy atom. The number of imidazole rings is 1. The number of methoxy groups -OCH3 is 1. The Labute approximate surface area is 157 Å². The average Bonchev–Trinajstić information content (AvgIpc) is 3.17. The van der Waals surface area contributed by atoms with Crippen molar-refractivity contribution in [3.05, 3.63) is 35.8 Å². The minimum atomic E-state index is -0.565. The summed E-state index contributed by atoms with van der Waals surface area (Å²) < 4.78 is 6.87. The van der Waals surface area contributed by atoms with Gasteiger partial charge in [0.05, 0.1) is 43.2 Å². The third-order valence-electron chi connectivity index (χ3n) is 4.49. The van der Waals surface area contributed by atoms with Crippen molar-refractivity contribution < 1.29 is 19.4 Å². The van der Waals surface area contributed by atoms with Gasteiger partial charge in [0.1, 0.15) is 5.70 Å². The van der Waals surface area contributed by atoms with Crippen LogP contribution in [0.3, 0.4) is 0 Å². The van der Waals surface area contributed by atoms with E-state index in [2.05, 4.69) is 35.6 Å². The number of rotatable bonds is 5. The number of nitrogens with one attached hydrogen (secondary N) is 1. The maximum Gasteiger partial charge on any atom is 0.337 e. The predicted molar refractivity (Wildman–Crippen MR) is 101 cm³/mol. The van der Waals surface area contributed by atoms with Crippen molar-refractivity contribution in [1.29, 1.82) is 0 Å². The molecular formula is C19H24N4O4. The van der Waals surface area contributed by atoms with Gasteiger partial charge in [-0.25, -0.2) is 9.78 Å². The predicted octanol–water partition coefficient (Wildman–Crippen LogP) is 1.46. The number of aliphatic hydroxyl groups excluding tert-OH is 1. The number of aromatic nitrogens is 2. The Morgan fingerprint density at radius 2 is 2.11 bits per heavy atom. The number of carbonyl (C=O) groups excluding carboxylic acids is 2. The summed E-state index contributed by atoms with van der Waals surface area (Å²) in [7, 11) is 1.28. The van der Waals surface area contributed by atoms with Crippen LogP contribution >= 0.6 is 0 Å². The lowest BCUT2D eigenvalue weighted by Crippen LogP contribution is -2.31. The van der Waals surface area contributed by atoms with E-state index in [-0.39, 0.29) is 42.4 Å². The van der Waals surface area contributed by atoms with Crippen LogP contribution in [0.1, 0.15) is 20.8 Å². The van der Waals surface area contributed by atoms with Gasteiger partial charge in [0.25, 0.3) is 5.91 Å². The quantitative estimate of drug-likeness (QED) is 0.772. The van der Waals surface area contributed by atoms with Gasteiger partial charge in [0, 0.05) is 17.8 Å². The molecule has 2 aromatic rings. The monoisotopic (exact) mass is 372 g/mol. The van der Waals surface area contributed by atoms with Crippen LogP contribution < -0.4 is 5.32 Å². The molecule has 0 aliphatic carbocycles. The molecule has 1 aromatic carbocycles. The molecule has 0 saturated carbocycles. The number of hydrogen-bond acceptors (Lipinski definition) is 6. The maximum absolute atomic E-state index is 12.6. The highest BCUT2D eigenvalue weighted by Gasteiger charge is 2.34. The minimum Gasteiger partial charge on any atom is -0.466 e. The summed E-state index contributed by atoms with van der Waals surface area (Å²) in [5.41, 5.74) is 2.73. The molecule has 0 bridgehead atoms. The Hall–Kier alpha value is -2.87. The summed E-state index contributed by atoms with van der Waals surface area (Å²) >= 11 is 0. The first-order valence-corrected chi connectivity index (χ1v) is 8.72. The fraction of sp³-hybridized carbons (Fsp3) is 0.421. The first-order chi connectivity index (χ1) is 12.8. The SMILES string of the molecule is COC(=O)C1=C(Nc2ccc3c(c2)ncn3C(C)(C)C)C(=O)N(CCO)C1. The summed E-state index contributed by atoms with van der Waals surface area (Å²) in [6.45, 7) is 6.38. The van der Waals surface area contributed by atoms with Gasteiger partial charge < -0.3 is 24.6 Å². The number of fused-ring (bicyclic) bond motifs is 1. The number of amides is 1. The van der Waals surface area contributed by atoms with E-state index in [0.717, 1.165) is 11.0 Å². The van der Waals surface area contributed by atoms with Gasteiger partial charge in [0.2, 0.25) is 0 Å². The number of β-amino-alcohol motifs (C(OH)–C–C–N with tert-alkyl or cyclic N) is 1. The number of esters is 1. The fourth-order valence-corrected chi connectivity index (χ4v) is 3.12. The van der Waals surface area contributed by atoms with E-state index in [9.17, 15) is 9.59 Å². The second-order valence-electron chi connectivity index (χ2n) is 7.41. The first kappa shape index (κ1) is 18.9. The van der Waals surface area contributed by atoms with Crippen LogP contribution in [0.4, 0.5) is 5.69 Å². The molecule has 0 fully saturated rings. The zero-order chi connectivity index (χ0) is 19.8. The number of benzene rings is 1. The van der Waals surface area contributed by atoms with Crippen molar-refractivity contribution >= 4 is 28.6 Å². The van der Waals surface area contributed by atoms with E-state index in [1.54, 1.807) is 6.33 Å². The van der Waals surface area contributed by atoms with Crippen molar-refractivity contribution in [3.63, 3.8) is 0 Å². The lowest BCUT2D eigenvalue weighted by molar-refractivity contribution is -0.136. The highest BCUT2D eigenvalue weighted by molar-refractivity contribution is 6.08. The molecule has 0 atom stereocenters. The summed E-state index contributed by atoms with van der Waals surface area (Å²) in [5.74, 6) is -0.908. The van der Waals surface area contributed by atoms with Gasteiger partial charge in [-0.15, -0.1) is 0 Å². The number of hydrogen-bond donors (Lipinski definition) is 2. The molecule has 2 heterocycles. The molecule has 0 unspecified atom stereocenters. The highest BCUT2D eigenvalue weighted by Crippen LogP contribution is 2.27. The summed E-state index contributed by atoms with van der Waals surface area (Å²) in [6, 6.07) is 5.61. The zero-order valence-corrected chi connectivity index (χ0v) is 15.9. The molecule has 0 spiro atoms. The smallest absolute Gasteiger partial charge is 0.337 e. The molecule has 1 aromatic heterocycles. The lowest BCUT2D eigenvalue weighted by Gasteiger charge is -2.21. The molecular weight excluding hydrogens is 348 g/mol. The third-order valence-corrected chi connectivity index (χ3v) is 4.49. The standard InChI is InChI=1S/C19H24N4O4/c1-19(2,3)23-11-20-14-9-12(5-6-15(14)23)21-16-13(18(26)27-4)10-22(7-8-24)17(16)25/h5-6,9,11,21,24H,7-8,10H2,1-4H3. The van der Waals surface area contributed by atoms with Gasteiger partial charge in [-0.3, -0.25) is 4.79 Å². The van der Waals surface area contributed by atoms with E-state index >= 15 is 0 Å². The molecule has 0 saturated heterocycles. The molecule has 3 rings (SSSR count). The van der Waals surface area contributed by atoms with Crippen molar-refractivity contribution in [2.45, 2.75) is 26.3 Å². The second-order valence-corrected chi connectivity index (χ2v) is 7.41. The first-order valence-electron chi connectivity index (χ1n) is 8.72. The lowest BCUT2D eigenvalue weighted by atomic mass is 10.1. The van der Waals surface area contributed by atoms with Crippen LogP contribution in [0.15, 0.2) is 35.8 Å². The average molecular weight is 372 g/mol. The van der Waals surface area contributed by atoms with Gasteiger partial charge in [-0.2, -0.15) is 0 Å². The second kappa shape index (κ2) is 7.03. The van der Waals surface area contributed by atoms with E-state index in [0.29, 0.717) is 5.69 Å². The Kier molecular flexibility index (Phi) is 4.93. The van der Waals surface area contributed by atoms with E-state index in [1.807, 2.05) is 18.2 Å². The Bertz CT molecular complexity index is 923. The van der Waals surface area contributed by atoms with Gasteiger partial charge in [0.15, 0.2) is 0 Å². The van der Waals surface area contributed by atoms with E-state index < -0.39 is 5.97 Å². The van der Waals surface area contributed by atoms with Crippen LogP contribution in [0.25, 0.3) is 11.0 Å². The summed E-state index contributed by atoms with van der Waals surface area (Å²) in [5, 5.41) is 12.2. The van der Waals surface area contributed by atoms with Gasteiger partial charge in [-0.05, 0) is 39.0 Å². The minimum absolute atomic E-state index is 0.101. The molecule has 0 radical (unpaired) electrons. The van der Waals surface area contributed by atoms with E-state index in [1.165, 1.54) is 12.0 Å². The number of nitrogens with zero attached hydrogens (tertiary/aromatic N) is 3. The third kappa shape index (κ3) is 3.52. The van der Waals surface area contributed by atoms with Crippen LogP contribution in [0, 0.1) is 0 Å². The molecule has 2 N–H and O–H groups in total. The Balaban J connectivity index is 1.94. The van der Waals surface area contributed by atoms with Crippen LogP contribution in [-0.4, -0.2) is 58.2 Å². The van der Waals surface area contributed by atoms with Crippen LogP contribution in [0.2, 0.25) is 0 Å². The highest BCUT2D eigenvalue weighted by atomic mass is 16.5. The number of anilines is 1. The van der Waals surface area contributed by atoms with Crippen LogP contribution in [-0.2, 0) is 19.9 Å². The summed E-state index contributed by atoms with van der Waals surface area (Å²) in [6.07, 6.45) is 1.79. The molecule has 27 heavy (non-hydrogen) atoms. The summed E-state index contributed by atoms with van der Waals surface area (Å²) in [4.78, 5) is 30.5. The molecule has 1 amide bonds. The van der Waals surface area contributed by atoms with Gasteiger partial charge >= 0.3 is 5.97 Å². The number of ether oxygens (including phenoxy) is 1. The molecule has 1 aliphatic heterocycles. The molecule has 8 nitrogen and oxygen atoms in total. The molecule has 144 valence electrons. The maximum atomic E-state index is 12.6. The molecule has 1 aliphatic rings. The normalized spacial score (nSPS) is 15.0. The van der Waals surface area contributed by atoms with Crippen molar-refractivity contribution in [2.24, 2.45) is 0 Å². The largest absolute Gasteiger partial charge is 0.466 e. The molecule has 8 heteroatoms. The van der Waals surface area contributed by atoms with Gasteiger partial charge in [-0.1, -0.05) is 0 Å². The van der Waals surface area contributed by atoms with E-state index in [4.69, 9.17) is 9.84 Å². The zero-order valence-electron chi connectivity index (χ0n) is 15.9. The van der Waals surface area contributed by atoms with Crippen LogP contribution in [0.5, 0.6) is 0 Å². The topological polar surface area (TPSA) is 96.7 Å². The fourth-order valence-electron chi connectivity index (χ4n) is 3.12. The van der Waals surface area contributed by atoms with Crippen molar-refractivity contribution in [3.8, 4) is 0 Å². The number of aliphatic hydroxyl groups is 1.